The first-order chi connectivity index (χ1) is 9.90. The Morgan fingerprint density at radius 2 is 2.29 bits per heavy atom. The molecule has 1 aromatic heterocycles. The van der Waals surface area contributed by atoms with Gasteiger partial charge in [-0.25, -0.2) is 14.6 Å². The number of amides is 2. The van der Waals surface area contributed by atoms with E-state index < -0.39 is 12.0 Å². The first kappa shape index (κ1) is 16.4. The molecule has 0 aliphatic rings. The van der Waals surface area contributed by atoms with Gasteiger partial charge in [0, 0.05) is 30.3 Å². The Balaban J connectivity index is 2.38. The Morgan fingerprint density at radius 3 is 2.90 bits per heavy atom. The molecule has 1 atom stereocenters. The minimum absolute atomic E-state index is 0.0656. The molecule has 0 aromatic carbocycles. The number of aromatic amines is 1. The van der Waals surface area contributed by atoms with E-state index in [9.17, 15) is 14.4 Å². The van der Waals surface area contributed by atoms with Crippen LogP contribution in [0.2, 0.25) is 0 Å². The summed E-state index contributed by atoms with van der Waals surface area (Å²) in [7, 11) is 0. The lowest BCUT2D eigenvalue weighted by molar-refractivity contribution is -0.138. The summed E-state index contributed by atoms with van der Waals surface area (Å²) in [6.07, 6.45) is 1.08. The minimum Gasteiger partial charge on any atom is -0.462 e. The van der Waals surface area contributed by atoms with Crippen molar-refractivity contribution in [1.29, 1.82) is 0 Å². The van der Waals surface area contributed by atoms with Gasteiger partial charge >= 0.3 is 12.0 Å². The Bertz CT molecular complexity index is 582. The van der Waals surface area contributed by atoms with Gasteiger partial charge in [-0.1, -0.05) is 13.5 Å². The molecule has 0 fully saturated rings. The van der Waals surface area contributed by atoms with Crippen molar-refractivity contribution >= 4 is 17.9 Å². The normalized spacial score (nSPS) is 11.3. The van der Waals surface area contributed by atoms with Crippen LogP contribution in [0.5, 0.6) is 0 Å². The Hall–Kier alpha value is -2.64. The number of H-pyrrole nitrogens is 1. The molecule has 0 aliphatic carbocycles. The predicted octanol–water partition coefficient (Wildman–Crippen LogP) is 0.565. The second-order valence-electron chi connectivity index (χ2n) is 4.51. The van der Waals surface area contributed by atoms with E-state index in [4.69, 9.17) is 4.74 Å². The van der Waals surface area contributed by atoms with Crippen LogP contribution in [0.4, 0.5) is 10.7 Å². The van der Waals surface area contributed by atoms with Crippen LogP contribution in [0, 0.1) is 12.8 Å². The number of urea groups is 1. The molecule has 0 saturated heterocycles. The number of ether oxygens (including phenoxy) is 1. The smallest absolute Gasteiger partial charge is 0.330 e. The summed E-state index contributed by atoms with van der Waals surface area (Å²) in [6, 6.07) is 0.810. The van der Waals surface area contributed by atoms with Crippen LogP contribution in [0.1, 0.15) is 12.6 Å². The molecular weight excluding hydrogens is 276 g/mol. The highest BCUT2D eigenvalue weighted by Crippen LogP contribution is 1.97. The Kier molecular flexibility index (Phi) is 6.12. The number of aromatic nitrogens is 2. The maximum absolute atomic E-state index is 11.6. The van der Waals surface area contributed by atoms with Crippen LogP contribution in [0.25, 0.3) is 0 Å². The molecule has 0 spiro atoms. The van der Waals surface area contributed by atoms with Crippen molar-refractivity contribution in [2.24, 2.45) is 5.92 Å². The molecule has 1 aromatic rings. The lowest BCUT2D eigenvalue weighted by Gasteiger charge is -2.12. The summed E-state index contributed by atoms with van der Waals surface area (Å²) in [6.45, 7) is 7.21. The monoisotopic (exact) mass is 294 g/mol. The Labute approximate surface area is 121 Å². The number of nitrogens with one attached hydrogen (secondary N) is 3. The first-order valence-electron chi connectivity index (χ1n) is 6.32. The topological polar surface area (TPSA) is 113 Å². The van der Waals surface area contributed by atoms with Gasteiger partial charge in [-0.3, -0.25) is 15.1 Å². The van der Waals surface area contributed by atoms with Crippen molar-refractivity contribution in [2.45, 2.75) is 13.8 Å². The summed E-state index contributed by atoms with van der Waals surface area (Å²) in [5, 5.41) is 5.00. The molecule has 1 rings (SSSR count). The molecule has 0 bridgehead atoms. The van der Waals surface area contributed by atoms with Crippen LogP contribution < -0.4 is 16.2 Å². The second kappa shape index (κ2) is 7.83. The number of hydrogen-bond donors (Lipinski definition) is 3. The zero-order chi connectivity index (χ0) is 15.8. The molecule has 2 amide bonds. The fourth-order valence-electron chi connectivity index (χ4n) is 1.40. The molecule has 1 unspecified atom stereocenters. The van der Waals surface area contributed by atoms with E-state index in [-0.39, 0.29) is 24.0 Å². The van der Waals surface area contributed by atoms with Crippen molar-refractivity contribution in [3.63, 3.8) is 0 Å². The Morgan fingerprint density at radius 1 is 1.57 bits per heavy atom. The number of carbonyl (C=O) groups excluding carboxylic acids is 2. The van der Waals surface area contributed by atoms with Crippen LogP contribution >= 0.6 is 0 Å². The van der Waals surface area contributed by atoms with Crippen LogP contribution in [0.3, 0.4) is 0 Å². The number of hydrogen-bond acceptors (Lipinski definition) is 5. The maximum atomic E-state index is 11.6. The zero-order valence-corrected chi connectivity index (χ0v) is 11.9. The van der Waals surface area contributed by atoms with Gasteiger partial charge in [-0.2, -0.15) is 0 Å². The lowest BCUT2D eigenvalue weighted by Crippen LogP contribution is -2.34. The maximum Gasteiger partial charge on any atom is 0.330 e. The molecule has 0 saturated carbocycles. The third kappa shape index (κ3) is 6.37. The van der Waals surface area contributed by atoms with Crippen LogP contribution in [-0.2, 0) is 9.53 Å². The van der Waals surface area contributed by atoms with E-state index >= 15 is 0 Å². The van der Waals surface area contributed by atoms with Gasteiger partial charge in [0.2, 0.25) is 5.95 Å². The highest BCUT2D eigenvalue weighted by molar-refractivity contribution is 5.87. The van der Waals surface area contributed by atoms with Gasteiger partial charge in [0.15, 0.2) is 0 Å². The van der Waals surface area contributed by atoms with Crippen molar-refractivity contribution < 1.29 is 14.3 Å². The average molecular weight is 294 g/mol. The second-order valence-corrected chi connectivity index (χ2v) is 4.51. The van der Waals surface area contributed by atoms with Gasteiger partial charge in [-0.05, 0) is 6.92 Å². The number of carbonyl (C=O) groups is 2. The fourth-order valence-corrected chi connectivity index (χ4v) is 1.40. The van der Waals surface area contributed by atoms with Gasteiger partial charge < -0.3 is 10.1 Å². The van der Waals surface area contributed by atoms with Crippen molar-refractivity contribution in [2.75, 3.05) is 18.5 Å². The third-order valence-corrected chi connectivity index (χ3v) is 2.39. The fraction of sp³-hybridized carbons (Fsp3) is 0.385. The van der Waals surface area contributed by atoms with Crippen molar-refractivity contribution in [3.05, 3.63) is 34.8 Å². The van der Waals surface area contributed by atoms with E-state index in [1.807, 2.05) is 6.92 Å². The average Bonchev–Trinajstić information content (AvgIpc) is 2.41. The molecule has 8 nitrogen and oxygen atoms in total. The molecule has 21 heavy (non-hydrogen) atoms. The SMILES string of the molecule is C=CC(=O)OCC(C)CNC(=O)Nc1nc(C)cc(=O)[nH]1. The van der Waals surface area contributed by atoms with Gasteiger partial charge in [0.05, 0.1) is 6.61 Å². The van der Waals surface area contributed by atoms with E-state index in [0.29, 0.717) is 12.2 Å². The summed E-state index contributed by atoms with van der Waals surface area (Å²) >= 11 is 0. The van der Waals surface area contributed by atoms with Crippen LogP contribution in [-0.4, -0.2) is 35.1 Å². The molecular formula is C13H18N4O4. The molecule has 0 radical (unpaired) electrons. The number of aryl methyl sites for hydroxylation is 1. The summed E-state index contributed by atoms with van der Waals surface area (Å²) < 4.78 is 4.85. The zero-order valence-electron chi connectivity index (χ0n) is 11.9. The van der Waals surface area contributed by atoms with Crippen molar-refractivity contribution in [3.8, 4) is 0 Å². The molecule has 1 heterocycles. The summed E-state index contributed by atoms with van der Waals surface area (Å²) in [4.78, 5) is 40.1. The molecule has 114 valence electrons. The highest BCUT2D eigenvalue weighted by Gasteiger charge is 2.08. The first-order valence-corrected chi connectivity index (χ1v) is 6.32. The van der Waals surface area contributed by atoms with E-state index in [1.165, 1.54) is 6.07 Å². The predicted molar refractivity (Wildman–Crippen MR) is 76.9 cm³/mol. The number of nitrogens with zero attached hydrogens (tertiary/aromatic N) is 1. The molecule has 3 N–H and O–H groups in total. The van der Waals surface area contributed by atoms with Gasteiger partial charge in [0.25, 0.3) is 5.56 Å². The van der Waals surface area contributed by atoms with Crippen molar-refractivity contribution in [1.82, 2.24) is 15.3 Å². The lowest BCUT2D eigenvalue weighted by atomic mass is 10.2. The summed E-state index contributed by atoms with van der Waals surface area (Å²) in [5.41, 5.74) is 0.154. The minimum atomic E-state index is -0.509. The quantitative estimate of drug-likeness (QED) is 0.524. The van der Waals surface area contributed by atoms with Gasteiger partial charge in [0.1, 0.15) is 0 Å². The van der Waals surface area contributed by atoms with E-state index in [2.05, 4.69) is 27.2 Å². The van der Waals surface area contributed by atoms with Crippen LogP contribution in [0.15, 0.2) is 23.5 Å². The standard InChI is InChI=1S/C13H18N4O4/c1-4-11(19)21-7-8(2)6-14-13(20)17-12-15-9(3)5-10(18)16-12/h4-5,8H,1,6-7H2,2-3H3,(H3,14,15,16,17,18,20). The van der Waals surface area contributed by atoms with E-state index in [0.717, 1.165) is 6.08 Å². The number of rotatable bonds is 6. The molecule has 0 aliphatic heterocycles. The largest absolute Gasteiger partial charge is 0.462 e. The summed E-state index contributed by atoms with van der Waals surface area (Å²) in [5.74, 6) is -0.500. The number of anilines is 1. The van der Waals surface area contributed by atoms with E-state index in [1.54, 1.807) is 6.92 Å². The highest BCUT2D eigenvalue weighted by atomic mass is 16.5. The van der Waals surface area contributed by atoms with Gasteiger partial charge in [-0.15, -0.1) is 0 Å². The number of esters is 1. The third-order valence-electron chi connectivity index (χ3n) is 2.39. The molecule has 8 heteroatoms.